The third kappa shape index (κ3) is 3.83. The molecule has 0 unspecified atom stereocenters. The fourth-order valence-corrected chi connectivity index (χ4v) is 2.25. The van der Waals surface area contributed by atoms with Crippen LogP contribution >= 0.6 is 0 Å². The van der Waals surface area contributed by atoms with Crippen molar-refractivity contribution < 1.29 is 4.52 Å². The number of piperidine rings is 1. The van der Waals surface area contributed by atoms with Crippen molar-refractivity contribution in [3.05, 3.63) is 11.7 Å². The van der Waals surface area contributed by atoms with Crippen LogP contribution in [-0.4, -0.2) is 47.3 Å². The molecule has 1 aliphatic rings. The van der Waals surface area contributed by atoms with E-state index in [4.69, 9.17) is 10.9 Å². The maximum Gasteiger partial charge on any atom is 0.227 e. The standard InChI is InChI=1S/C13H20N4O/c1-3-8-17-9-5-12(6-10-17)14-7-4-13-15-11(2)16-18-13/h1,12,14H,4-10H2,2H3. The van der Waals surface area contributed by atoms with Gasteiger partial charge in [0.1, 0.15) is 0 Å². The summed E-state index contributed by atoms with van der Waals surface area (Å²) >= 11 is 0. The van der Waals surface area contributed by atoms with E-state index in [2.05, 4.69) is 26.3 Å². The van der Waals surface area contributed by atoms with Gasteiger partial charge in [0.15, 0.2) is 5.82 Å². The van der Waals surface area contributed by atoms with Crippen LogP contribution in [0.4, 0.5) is 0 Å². The van der Waals surface area contributed by atoms with Crippen LogP contribution in [0.3, 0.4) is 0 Å². The molecule has 0 aliphatic carbocycles. The molecule has 5 nitrogen and oxygen atoms in total. The van der Waals surface area contributed by atoms with Crippen LogP contribution in [0.25, 0.3) is 0 Å². The molecule has 1 fully saturated rings. The van der Waals surface area contributed by atoms with Crippen molar-refractivity contribution in [1.29, 1.82) is 0 Å². The Morgan fingerprint density at radius 1 is 1.50 bits per heavy atom. The summed E-state index contributed by atoms with van der Waals surface area (Å²) in [5.41, 5.74) is 0. The first-order chi connectivity index (χ1) is 8.78. The average Bonchev–Trinajstić information content (AvgIpc) is 2.78. The second kappa shape index (κ2) is 6.53. The minimum Gasteiger partial charge on any atom is -0.339 e. The molecule has 2 rings (SSSR count). The molecule has 98 valence electrons. The molecule has 1 N–H and O–H groups in total. The zero-order valence-electron chi connectivity index (χ0n) is 10.9. The summed E-state index contributed by atoms with van der Waals surface area (Å²) in [6.07, 6.45) is 8.42. The molecule has 1 aromatic rings. The van der Waals surface area contributed by atoms with Gasteiger partial charge in [-0.1, -0.05) is 11.1 Å². The molecule has 0 amide bonds. The Balaban J connectivity index is 1.62. The van der Waals surface area contributed by atoms with Gasteiger partial charge in [-0.3, -0.25) is 4.90 Å². The number of nitrogens with one attached hydrogen (secondary N) is 1. The van der Waals surface area contributed by atoms with Gasteiger partial charge in [0.25, 0.3) is 0 Å². The highest BCUT2D eigenvalue weighted by Gasteiger charge is 2.17. The van der Waals surface area contributed by atoms with E-state index in [1.807, 2.05) is 6.92 Å². The highest BCUT2D eigenvalue weighted by molar-refractivity contribution is 4.90. The van der Waals surface area contributed by atoms with E-state index < -0.39 is 0 Å². The summed E-state index contributed by atoms with van der Waals surface area (Å²) in [5.74, 6) is 4.11. The Labute approximate surface area is 108 Å². The number of hydrogen-bond donors (Lipinski definition) is 1. The van der Waals surface area contributed by atoms with Crippen molar-refractivity contribution >= 4 is 0 Å². The summed E-state index contributed by atoms with van der Waals surface area (Å²) in [4.78, 5) is 6.50. The fourth-order valence-electron chi connectivity index (χ4n) is 2.25. The second-order valence-corrected chi connectivity index (χ2v) is 4.69. The SMILES string of the molecule is C#CCN1CCC(NCCc2nc(C)no2)CC1. The highest BCUT2D eigenvalue weighted by Crippen LogP contribution is 2.09. The van der Waals surface area contributed by atoms with Crippen LogP contribution in [0, 0.1) is 19.3 Å². The molecule has 18 heavy (non-hydrogen) atoms. The van der Waals surface area contributed by atoms with Gasteiger partial charge < -0.3 is 9.84 Å². The lowest BCUT2D eigenvalue weighted by Crippen LogP contribution is -2.43. The lowest BCUT2D eigenvalue weighted by Gasteiger charge is -2.31. The molecule has 1 aromatic heterocycles. The van der Waals surface area contributed by atoms with Gasteiger partial charge in [0, 0.05) is 32.1 Å². The fraction of sp³-hybridized carbons (Fsp3) is 0.692. The molecule has 0 atom stereocenters. The summed E-state index contributed by atoms with van der Waals surface area (Å²) in [6, 6.07) is 0.586. The zero-order chi connectivity index (χ0) is 12.8. The monoisotopic (exact) mass is 248 g/mol. The van der Waals surface area contributed by atoms with Crippen molar-refractivity contribution in [3.63, 3.8) is 0 Å². The maximum atomic E-state index is 5.31. The molecule has 0 radical (unpaired) electrons. The molecule has 0 bridgehead atoms. The van der Waals surface area contributed by atoms with Gasteiger partial charge in [-0.15, -0.1) is 6.42 Å². The Morgan fingerprint density at radius 3 is 2.89 bits per heavy atom. The number of rotatable bonds is 5. The van der Waals surface area contributed by atoms with Crippen LogP contribution in [0.1, 0.15) is 24.6 Å². The number of aryl methyl sites for hydroxylation is 1. The number of nitrogens with zero attached hydrogens (tertiary/aromatic N) is 3. The van der Waals surface area contributed by atoms with Gasteiger partial charge in [0.05, 0.1) is 6.54 Å². The number of hydrogen-bond acceptors (Lipinski definition) is 5. The van der Waals surface area contributed by atoms with Gasteiger partial charge in [-0.2, -0.15) is 4.98 Å². The van der Waals surface area contributed by atoms with E-state index in [0.29, 0.717) is 17.8 Å². The predicted molar refractivity (Wildman–Crippen MR) is 69.0 cm³/mol. The largest absolute Gasteiger partial charge is 0.339 e. The van der Waals surface area contributed by atoms with Crippen molar-refractivity contribution in [2.75, 3.05) is 26.2 Å². The number of likely N-dealkylation sites (tertiary alicyclic amines) is 1. The summed E-state index contributed by atoms with van der Waals surface area (Å²) in [5, 5.41) is 7.31. The molecule has 0 spiro atoms. The second-order valence-electron chi connectivity index (χ2n) is 4.69. The molecule has 1 saturated heterocycles. The lowest BCUT2D eigenvalue weighted by atomic mass is 10.1. The van der Waals surface area contributed by atoms with Crippen molar-refractivity contribution in [2.45, 2.75) is 32.2 Å². The number of terminal acetylenes is 1. The topological polar surface area (TPSA) is 54.2 Å². The third-order valence-corrected chi connectivity index (χ3v) is 3.24. The Hall–Kier alpha value is -1.38. The minimum atomic E-state index is 0.586. The van der Waals surface area contributed by atoms with Crippen LogP contribution in [0.2, 0.25) is 0 Å². The molecular formula is C13H20N4O. The average molecular weight is 248 g/mol. The molecule has 2 heterocycles. The normalized spacial score (nSPS) is 17.8. The van der Waals surface area contributed by atoms with Crippen LogP contribution in [0.15, 0.2) is 4.52 Å². The van der Waals surface area contributed by atoms with E-state index in [9.17, 15) is 0 Å². The van der Waals surface area contributed by atoms with Crippen LogP contribution < -0.4 is 5.32 Å². The molecule has 0 saturated carbocycles. The van der Waals surface area contributed by atoms with Gasteiger partial charge in [0.2, 0.25) is 5.89 Å². The van der Waals surface area contributed by atoms with E-state index in [-0.39, 0.29) is 0 Å². The van der Waals surface area contributed by atoms with Crippen molar-refractivity contribution in [2.24, 2.45) is 0 Å². The van der Waals surface area contributed by atoms with E-state index in [1.165, 1.54) is 0 Å². The van der Waals surface area contributed by atoms with Crippen molar-refractivity contribution in [3.8, 4) is 12.3 Å². The molecular weight excluding hydrogens is 228 g/mol. The Bertz CT molecular complexity index is 401. The predicted octanol–water partition coefficient (Wildman–Crippen LogP) is 0.608. The molecule has 0 aromatic carbocycles. The third-order valence-electron chi connectivity index (χ3n) is 3.24. The van der Waals surface area contributed by atoms with E-state index >= 15 is 0 Å². The minimum absolute atomic E-state index is 0.586. The van der Waals surface area contributed by atoms with Gasteiger partial charge in [-0.25, -0.2) is 0 Å². The Morgan fingerprint density at radius 2 is 2.28 bits per heavy atom. The first-order valence-electron chi connectivity index (χ1n) is 6.46. The maximum absolute atomic E-state index is 5.31. The lowest BCUT2D eigenvalue weighted by molar-refractivity contribution is 0.217. The first-order valence-corrected chi connectivity index (χ1v) is 6.46. The highest BCUT2D eigenvalue weighted by atomic mass is 16.5. The van der Waals surface area contributed by atoms with Crippen molar-refractivity contribution in [1.82, 2.24) is 20.4 Å². The first kappa shape index (κ1) is 13.1. The molecule has 5 heteroatoms. The van der Waals surface area contributed by atoms with Crippen LogP contribution in [0.5, 0.6) is 0 Å². The quantitative estimate of drug-likeness (QED) is 0.774. The number of aromatic nitrogens is 2. The molecule has 1 aliphatic heterocycles. The van der Waals surface area contributed by atoms with E-state index in [1.54, 1.807) is 0 Å². The van der Waals surface area contributed by atoms with E-state index in [0.717, 1.165) is 45.4 Å². The summed E-state index contributed by atoms with van der Waals surface area (Å²) in [6.45, 7) is 5.67. The van der Waals surface area contributed by atoms with Gasteiger partial charge in [-0.05, 0) is 19.8 Å². The smallest absolute Gasteiger partial charge is 0.227 e. The van der Waals surface area contributed by atoms with Crippen LogP contribution in [-0.2, 0) is 6.42 Å². The Kier molecular flexibility index (Phi) is 4.73. The summed E-state index contributed by atoms with van der Waals surface area (Å²) in [7, 11) is 0. The summed E-state index contributed by atoms with van der Waals surface area (Å²) < 4.78 is 5.07. The van der Waals surface area contributed by atoms with Gasteiger partial charge >= 0.3 is 0 Å². The zero-order valence-corrected chi connectivity index (χ0v) is 10.9.